The number of hydrogen-bond acceptors (Lipinski definition) is 4. The molecule has 0 aliphatic heterocycles. The van der Waals surface area contributed by atoms with Crippen LogP contribution in [0.4, 0.5) is 4.79 Å². The maximum atomic E-state index is 11.7. The number of hydrogen-bond donors (Lipinski definition) is 2. The first-order valence-electron chi connectivity index (χ1n) is 5.93. The standard InChI is InChI=1S/C12H19N3O4/c1-4-15(7-5-6-13)11(19)14-9(16)8-12(2,3)10(17)18/h4-5,7-8H2,1-3H3,(H,17,18)(H,14,16,19). The molecule has 0 spiro atoms. The Bertz CT molecular complexity index is 398. The van der Waals surface area contributed by atoms with Crippen molar-refractivity contribution in [3.8, 4) is 6.07 Å². The number of carbonyl (C=O) groups excluding carboxylic acids is 2. The number of aliphatic carboxylic acids is 1. The monoisotopic (exact) mass is 269 g/mol. The lowest BCUT2D eigenvalue weighted by atomic mass is 9.89. The number of carboxylic acids is 1. The second kappa shape index (κ2) is 7.36. The fourth-order valence-electron chi connectivity index (χ4n) is 1.31. The Balaban J connectivity index is 4.44. The predicted octanol–water partition coefficient (Wildman–Crippen LogP) is 0.959. The van der Waals surface area contributed by atoms with Crippen LogP contribution in [-0.4, -0.2) is 41.0 Å². The Morgan fingerprint density at radius 1 is 1.37 bits per heavy atom. The number of amides is 3. The molecule has 0 rings (SSSR count). The van der Waals surface area contributed by atoms with Gasteiger partial charge in [-0.05, 0) is 20.8 Å². The van der Waals surface area contributed by atoms with Crippen LogP contribution in [0.1, 0.15) is 33.6 Å². The maximum absolute atomic E-state index is 11.7. The molecule has 2 N–H and O–H groups in total. The summed E-state index contributed by atoms with van der Waals surface area (Å²) in [7, 11) is 0. The summed E-state index contributed by atoms with van der Waals surface area (Å²) in [6.45, 7) is 5.14. The molecular weight excluding hydrogens is 250 g/mol. The van der Waals surface area contributed by atoms with Gasteiger partial charge in [0.2, 0.25) is 5.91 Å². The number of nitriles is 1. The first kappa shape index (κ1) is 16.9. The molecule has 3 amide bonds. The maximum Gasteiger partial charge on any atom is 0.324 e. The van der Waals surface area contributed by atoms with Crippen LogP contribution in [0.25, 0.3) is 0 Å². The van der Waals surface area contributed by atoms with Crippen molar-refractivity contribution < 1.29 is 19.5 Å². The zero-order valence-corrected chi connectivity index (χ0v) is 11.4. The van der Waals surface area contributed by atoms with Crippen molar-refractivity contribution in [2.75, 3.05) is 13.1 Å². The van der Waals surface area contributed by atoms with Gasteiger partial charge in [0.15, 0.2) is 0 Å². The third-order valence-electron chi connectivity index (χ3n) is 2.59. The highest BCUT2D eigenvalue weighted by Crippen LogP contribution is 2.19. The van der Waals surface area contributed by atoms with E-state index in [2.05, 4.69) is 5.32 Å². The van der Waals surface area contributed by atoms with E-state index < -0.39 is 23.3 Å². The molecule has 0 unspecified atom stereocenters. The Kier molecular flexibility index (Phi) is 6.55. The van der Waals surface area contributed by atoms with Gasteiger partial charge in [0.05, 0.1) is 17.9 Å². The number of imide groups is 1. The minimum atomic E-state index is -1.23. The molecule has 0 aliphatic rings. The number of carboxylic acid groups (broad SMARTS) is 1. The van der Waals surface area contributed by atoms with Gasteiger partial charge in [-0.3, -0.25) is 14.9 Å². The minimum absolute atomic E-state index is 0.177. The van der Waals surface area contributed by atoms with Gasteiger partial charge in [0.1, 0.15) is 0 Å². The molecule has 0 fully saturated rings. The number of carbonyl (C=O) groups is 3. The third kappa shape index (κ3) is 5.86. The quantitative estimate of drug-likeness (QED) is 0.746. The molecular formula is C12H19N3O4. The topological polar surface area (TPSA) is 111 Å². The fourth-order valence-corrected chi connectivity index (χ4v) is 1.31. The molecule has 0 aromatic heterocycles. The second-order valence-electron chi connectivity index (χ2n) is 4.71. The molecule has 7 heteroatoms. The molecule has 0 atom stereocenters. The van der Waals surface area contributed by atoms with Gasteiger partial charge in [-0.25, -0.2) is 4.79 Å². The summed E-state index contributed by atoms with van der Waals surface area (Å²) < 4.78 is 0. The summed E-state index contributed by atoms with van der Waals surface area (Å²) in [5.74, 6) is -1.75. The summed E-state index contributed by atoms with van der Waals surface area (Å²) in [6.07, 6.45) is -0.111. The van der Waals surface area contributed by atoms with E-state index in [0.29, 0.717) is 6.54 Å². The minimum Gasteiger partial charge on any atom is -0.481 e. The first-order valence-corrected chi connectivity index (χ1v) is 5.93. The zero-order chi connectivity index (χ0) is 15.1. The van der Waals surface area contributed by atoms with Crippen LogP contribution in [0.5, 0.6) is 0 Å². The molecule has 0 radical (unpaired) electrons. The van der Waals surface area contributed by atoms with Gasteiger partial charge >= 0.3 is 12.0 Å². The fraction of sp³-hybridized carbons (Fsp3) is 0.667. The highest BCUT2D eigenvalue weighted by molar-refractivity contribution is 5.96. The molecule has 0 aromatic carbocycles. The summed E-state index contributed by atoms with van der Waals surface area (Å²) in [5, 5.41) is 19.5. The number of nitrogens with zero attached hydrogens (tertiary/aromatic N) is 2. The van der Waals surface area contributed by atoms with Gasteiger partial charge in [0.25, 0.3) is 0 Å². The lowest BCUT2D eigenvalue weighted by molar-refractivity contribution is -0.149. The summed E-state index contributed by atoms with van der Waals surface area (Å²) >= 11 is 0. The number of urea groups is 1. The van der Waals surface area contributed by atoms with E-state index in [1.807, 2.05) is 6.07 Å². The van der Waals surface area contributed by atoms with Crippen molar-refractivity contribution in [2.24, 2.45) is 5.41 Å². The van der Waals surface area contributed by atoms with Gasteiger partial charge in [0, 0.05) is 19.5 Å². The van der Waals surface area contributed by atoms with Gasteiger partial charge in [-0.15, -0.1) is 0 Å². The molecule has 19 heavy (non-hydrogen) atoms. The van der Waals surface area contributed by atoms with Crippen LogP contribution in [0.15, 0.2) is 0 Å². The highest BCUT2D eigenvalue weighted by atomic mass is 16.4. The van der Waals surface area contributed by atoms with Crippen LogP contribution in [-0.2, 0) is 9.59 Å². The van der Waals surface area contributed by atoms with Crippen LogP contribution in [0.2, 0.25) is 0 Å². The van der Waals surface area contributed by atoms with Gasteiger partial charge in [-0.2, -0.15) is 5.26 Å². The highest BCUT2D eigenvalue weighted by Gasteiger charge is 2.31. The molecule has 0 heterocycles. The van der Waals surface area contributed by atoms with Crippen molar-refractivity contribution in [1.29, 1.82) is 5.26 Å². The summed E-state index contributed by atoms with van der Waals surface area (Å²) in [4.78, 5) is 35.4. The molecule has 0 bridgehead atoms. The Hall–Kier alpha value is -2.10. The van der Waals surface area contributed by atoms with E-state index in [-0.39, 0.29) is 19.4 Å². The zero-order valence-electron chi connectivity index (χ0n) is 11.4. The molecule has 106 valence electrons. The van der Waals surface area contributed by atoms with Crippen LogP contribution in [0, 0.1) is 16.7 Å². The van der Waals surface area contributed by atoms with E-state index in [1.54, 1.807) is 6.92 Å². The summed E-state index contributed by atoms with van der Waals surface area (Å²) in [5.41, 5.74) is -1.23. The summed E-state index contributed by atoms with van der Waals surface area (Å²) in [6, 6.07) is 1.30. The molecule has 7 nitrogen and oxygen atoms in total. The van der Waals surface area contributed by atoms with E-state index >= 15 is 0 Å². The largest absolute Gasteiger partial charge is 0.481 e. The smallest absolute Gasteiger partial charge is 0.324 e. The van der Waals surface area contributed by atoms with E-state index in [1.165, 1.54) is 18.7 Å². The molecule has 0 saturated carbocycles. The van der Waals surface area contributed by atoms with Crippen LogP contribution in [0.3, 0.4) is 0 Å². The first-order chi connectivity index (χ1) is 8.74. The van der Waals surface area contributed by atoms with Crippen LogP contribution < -0.4 is 5.32 Å². The van der Waals surface area contributed by atoms with E-state index in [0.717, 1.165) is 0 Å². The van der Waals surface area contributed by atoms with Gasteiger partial charge < -0.3 is 10.0 Å². The van der Waals surface area contributed by atoms with Gasteiger partial charge in [-0.1, -0.05) is 0 Å². The number of nitrogens with one attached hydrogen (secondary N) is 1. The van der Waals surface area contributed by atoms with Crippen molar-refractivity contribution in [2.45, 2.75) is 33.6 Å². The van der Waals surface area contributed by atoms with Crippen molar-refractivity contribution >= 4 is 17.9 Å². The third-order valence-corrected chi connectivity index (χ3v) is 2.59. The Morgan fingerprint density at radius 3 is 2.37 bits per heavy atom. The molecule has 0 aliphatic carbocycles. The average Bonchev–Trinajstić information content (AvgIpc) is 2.28. The van der Waals surface area contributed by atoms with Crippen molar-refractivity contribution in [1.82, 2.24) is 10.2 Å². The number of rotatable bonds is 6. The predicted molar refractivity (Wildman–Crippen MR) is 67.0 cm³/mol. The van der Waals surface area contributed by atoms with E-state index in [9.17, 15) is 14.4 Å². The average molecular weight is 269 g/mol. The van der Waals surface area contributed by atoms with Crippen molar-refractivity contribution in [3.63, 3.8) is 0 Å². The lowest BCUT2D eigenvalue weighted by Crippen LogP contribution is -2.44. The lowest BCUT2D eigenvalue weighted by Gasteiger charge is -2.21. The normalized spacial score (nSPS) is 10.4. The van der Waals surface area contributed by atoms with E-state index in [4.69, 9.17) is 10.4 Å². The molecule has 0 aromatic rings. The Labute approximate surface area is 112 Å². The SMILES string of the molecule is CCN(CCC#N)C(=O)NC(=O)CC(C)(C)C(=O)O. The van der Waals surface area contributed by atoms with Crippen LogP contribution >= 0.6 is 0 Å². The second-order valence-corrected chi connectivity index (χ2v) is 4.71. The van der Waals surface area contributed by atoms with Crippen molar-refractivity contribution in [3.05, 3.63) is 0 Å². The Morgan fingerprint density at radius 2 is 1.95 bits per heavy atom. The molecule has 0 saturated heterocycles.